The summed E-state index contributed by atoms with van der Waals surface area (Å²) in [6, 6.07) is 0. The number of nitrogens with zero attached hydrogens (tertiary/aromatic N) is 1. The van der Waals surface area contributed by atoms with Gasteiger partial charge in [-0.15, -0.1) is 0 Å². The fourth-order valence-electron chi connectivity index (χ4n) is 1.79. The molecule has 0 bridgehead atoms. The van der Waals surface area contributed by atoms with E-state index < -0.39 is 0 Å². The van der Waals surface area contributed by atoms with Gasteiger partial charge in [-0.2, -0.15) is 0 Å². The second-order valence-corrected chi connectivity index (χ2v) is 3.10. The van der Waals surface area contributed by atoms with E-state index in [1.807, 2.05) is 0 Å². The number of fused-ring (bicyclic) bond motifs is 1. The second-order valence-electron chi connectivity index (χ2n) is 3.10. The lowest BCUT2D eigenvalue weighted by Crippen LogP contribution is -2.00. The highest BCUT2D eigenvalue weighted by atomic mass is 16.5. The van der Waals surface area contributed by atoms with E-state index in [9.17, 15) is 0 Å². The molecule has 0 saturated carbocycles. The number of anilines is 1. The zero-order valence-corrected chi connectivity index (χ0v) is 7.50. The maximum Gasteiger partial charge on any atom is 0.150 e. The summed E-state index contributed by atoms with van der Waals surface area (Å²) in [5, 5.41) is 8.81. The van der Waals surface area contributed by atoms with E-state index in [0.717, 1.165) is 36.3 Å². The van der Waals surface area contributed by atoms with E-state index in [1.54, 1.807) is 13.3 Å². The van der Waals surface area contributed by atoms with Crippen LogP contribution in [0.5, 0.6) is 5.75 Å². The largest absolute Gasteiger partial charge is 0.494 e. The van der Waals surface area contributed by atoms with Gasteiger partial charge in [0.15, 0.2) is 5.75 Å². The number of hydrogen-bond donors (Lipinski definition) is 2. The Morgan fingerprint density at radius 2 is 2.38 bits per heavy atom. The van der Waals surface area contributed by atoms with E-state index in [1.165, 1.54) is 0 Å². The molecule has 2 rings (SSSR count). The Kier molecular flexibility index (Phi) is 2.06. The number of rotatable bonds is 2. The van der Waals surface area contributed by atoms with Gasteiger partial charge in [0.25, 0.3) is 0 Å². The summed E-state index contributed by atoms with van der Waals surface area (Å²) in [4.78, 5) is 4.24. The highest BCUT2D eigenvalue weighted by Gasteiger charge is 2.19. The third-order valence-electron chi connectivity index (χ3n) is 2.38. The molecule has 4 nitrogen and oxygen atoms in total. The summed E-state index contributed by atoms with van der Waals surface area (Å²) >= 11 is 0. The zero-order valence-electron chi connectivity index (χ0n) is 7.50. The second kappa shape index (κ2) is 3.22. The first-order valence-corrected chi connectivity index (χ1v) is 4.31. The van der Waals surface area contributed by atoms with Crippen molar-refractivity contribution in [1.82, 2.24) is 4.98 Å². The number of nitrogens with one attached hydrogen (secondary N) is 1. The molecule has 0 saturated heterocycles. The van der Waals surface area contributed by atoms with Gasteiger partial charge in [0.2, 0.25) is 0 Å². The molecule has 1 aliphatic rings. The Bertz CT molecular complexity index is 326. The molecular formula is C9H12N2O2. The molecule has 0 amide bonds. The van der Waals surface area contributed by atoms with Crippen molar-refractivity contribution in [3.05, 3.63) is 17.5 Å². The number of aryl methyl sites for hydroxylation is 1. The maximum atomic E-state index is 8.81. The predicted octanol–water partition coefficient (Wildman–Crippen LogP) is 1.38. The molecule has 0 atom stereocenters. The summed E-state index contributed by atoms with van der Waals surface area (Å²) in [6.07, 6.45) is 4.72. The molecule has 4 heteroatoms. The average Bonchev–Trinajstić information content (AvgIpc) is 2.63. The number of pyridine rings is 1. The number of ether oxygens (including phenoxy) is 1. The molecule has 1 aliphatic carbocycles. The number of methoxy groups -OCH3 is 1. The molecule has 1 heterocycles. The van der Waals surface area contributed by atoms with Crippen molar-refractivity contribution < 1.29 is 9.94 Å². The summed E-state index contributed by atoms with van der Waals surface area (Å²) in [5.41, 5.74) is 4.85. The SMILES string of the molecule is COc1c(NO)cnc2c1CCC2. The van der Waals surface area contributed by atoms with Gasteiger partial charge in [-0.1, -0.05) is 0 Å². The highest BCUT2D eigenvalue weighted by Crippen LogP contribution is 2.34. The Hall–Kier alpha value is -1.29. The normalized spacial score (nSPS) is 14.0. The molecule has 0 fully saturated rings. The van der Waals surface area contributed by atoms with E-state index >= 15 is 0 Å². The highest BCUT2D eigenvalue weighted by molar-refractivity contribution is 5.59. The third kappa shape index (κ3) is 1.23. The first-order chi connectivity index (χ1) is 6.36. The third-order valence-corrected chi connectivity index (χ3v) is 2.38. The van der Waals surface area contributed by atoms with Crippen molar-refractivity contribution in [3.63, 3.8) is 0 Å². The van der Waals surface area contributed by atoms with Crippen LogP contribution in [-0.4, -0.2) is 17.3 Å². The van der Waals surface area contributed by atoms with Gasteiger partial charge in [-0.05, 0) is 19.3 Å². The van der Waals surface area contributed by atoms with Crippen LogP contribution >= 0.6 is 0 Å². The van der Waals surface area contributed by atoms with Crippen molar-refractivity contribution >= 4 is 5.69 Å². The summed E-state index contributed by atoms with van der Waals surface area (Å²) in [6.45, 7) is 0. The Balaban J connectivity index is 2.53. The Morgan fingerprint density at radius 3 is 3.08 bits per heavy atom. The Morgan fingerprint density at radius 1 is 1.54 bits per heavy atom. The fourth-order valence-corrected chi connectivity index (χ4v) is 1.79. The van der Waals surface area contributed by atoms with Gasteiger partial charge in [-0.3, -0.25) is 15.7 Å². The first-order valence-electron chi connectivity index (χ1n) is 4.31. The number of aromatic nitrogens is 1. The van der Waals surface area contributed by atoms with Gasteiger partial charge in [0, 0.05) is 11.3 Å². The molecule has 13 heavy (non-hydrogen) atoms. The molecule has 0 spiro atoms. The zero-order chi connectivity index (χ0) is 9.26. The van der Waals surface area contributed by atoms with Crippen molar-refractivity contribution in [1.29, 1.82) is 0 Å². The molecule has 1 aromatic heterocycles. The average molecular weight is 180 g/mol. The van der Waals surface area contributed by atoms with Crippen LogP contribution in [0.2, 0.25) is 0 Å². The minimum Gasteiger partial charge on any atom is -0.494 e. The molecule has 0 aromatic carbocycles. The van der Waals surface area contributed by atoms with E-state index in [2.05, 4.69) is 10.5 Å². The number of hydrogen-bond acceptors (Lipinski definition) is 4. The van der Waals surface area contributed by atoms with Crippen LogP contribution in [-0.2, 0) is 12.8 Å². The minimum absolute atomic E-state index is 0.545. The van der Waals surface area contributed by atoms with Crippen LogP contribution < -0.4 is 10.2 Å². The molecule has 1 aromatic rings. The van der Waals surface area contributed by atoms with E-state index in [0.29, 0.717) is 5.69 Å². The fraction of sp³-hybridized carbons (Fsp3) is 0.444. The quantitative estimate of drug-likeness (QED) is 0.675. The van der Waals surface area contributed by atoms with Crippen molar-refractivity contribution in [2.75, 3.05) is 12.6 Å². The van der Waals surface area contributed by atoms with Crippen LogP contribution in [0.25, 0.3) is 0 Å². The van der Waals surface area contributed by atoms with Gasteiger partial charge in [0.1, 0.15) is 5.69 Å². The lowest BCUT2D eigenvalue weighted by molar-refractivity contribution is 0.371. The van der Waals surface area contributed by atoms with Crippen LogP contribution in [0.3, 0.4) is 0 Å². The summed E-state index contributed by atoms with van der Waals surface area (Å²) in [7, 11) is 1.61. The lowest BCUT2D eigenvalue weighted by Gasteiger charge is -2.10. The van der Waals surface area contributed by atoms with Crippen LogP contribution in [0.4, 0.5) is 5.69 Å². The van der Waals surface area contributed by atoms with Crippen molar-refractivity contribution in [3.8, 4) is 5.75 Å². The monoisotopic (exact) mass is 180 g/mol. The van der Waals surface area contributed by atoms with Gasteiger partial charge in [-0.25, -0.2) is 0 Å². The molecule has 0 radical (unpaired) electrons. The van der Waals surface area contributed by atoms with E-state index in [-0.39, 0.29) is 0 Å². The summed E-state index contributed by atoms with van der Waals surface area (Å²) in [5.74, 6) is 0.727. The van der Waals surface area contributed by atoms with Gasteiger partial charge < -0.3 is 4.74 Å². The minimum atomic E-state index is 0.545. The van der Waals surface area contributed by atoms with Crippen LogP contribution in [0.15, 0.2) is 6.20 Å². The maximum absolute atomic E-state index is 8.81. The van der Waals surface area contributed by atoms with Gasteiger partial charge in [0.05, 0.1) is 13.3 Å². The molecular weight excluding hydrogens is 168 g/mol. The topological polar surface area (TPSA) is 54.4 Å². The Labute approximate surface area is 76.5 Å². The predicted molar refractivity (Wildman–Crippen MR) is 48.2 cm³/mol. The molecule has 70 valence electrons. The van der Waals surface area contributed by atoms with E-state index in [4.69, 9.17) is 9.94 Å². The molecule has 2 N–H and O–H groups in total. The van der Waals surface area contributed by atoms with Gasteiger partial charge >= 0.3 is 0 Å². The standard InChI is InChI=1S/C9H12N2O2/c1-13-9-6-3-2-4-7(6)10-5-8(9)11-12/h5,11-12H,2-4H2,1H3. The van der Waals surface area contributed by atoms with Crippen molar-refractivity contribution in [2.45, 2.75) is 19.3 Å². The summed E-state index contributed by atoms with van der Waals surface area (Å²) < 4.78 is 5.22. The lowest BCUT2D eigenvalue weighted by atomic mass is 10.2. The first kappa shape index (κ1) is 8.31. The van der Waals surface area contributed by atoms with Crippen LogP contribution in [0.1, 0.15) is 17.7 Å². The van der Waals surface area contributed by atoms with Crippen molar-refractivity contribution in [2.24, 2.45) is 0 Å². The smallest absolute Gasteiger partial charge is 0.150 e. The molecule has 0 unspecified atom stereocenters. The molecule has 0 aliphatic heterocycles. The van der Waals surface area contributed by atoms with Crippen LogP contribution in [0, 0.1) is 0 Å².